The minimum absolute atomic E-state index is 0.0147. The summed E-state index contributed by atoms with van der Waals surface area (Å²) in [5, 5.41) is 10.2. The van der Waals surface area contributed by atoms with Gasteiger partial charge in [0.25, 0.3) is 0 Å². The highest BCUT2D eigenvalue weighted by molar-refractivity contribution is 7.89. The fraction of sp³-hybridized carbons (Fsp3) is 0.250. The number of aryl methyl sites for hydroxylation is 1. The molecule has 2 aromatic rings. The van der Waals surface area contributed by atoms with Gasteiger partial charge in [-0.15, -0.1) is 10.2 Å². The van der Waals surface area contributed by atoms with Gasteiger partial charge in [0.1, 0.15) is 5.51 Å². The summed E-state index contributed by atoms with van der Waals surface area (Å²) in [5.41, 5.74) is 2.47. The summed E-state index contributed by atoms with van der Waals surface area (Å²) in [4.78, 5) is 11.7. The maximum atomic E-state index is 12.0. The molecule has 1 aromatic heterocycles. The molecule has 1 heterocycles. The van der Waals surface area contributed by atoms with Crippen LogP contribution in [0.25, 0.3) is 0 Å². The first-order valence-corrected chi connectivity index (χ1v) is 8.46. The van der Waals surface area contributed by atoms with Crippen molar-refractivity contribution in [3.63, 3.8) is 0 Å². The number of sulfonamides is 1. The number of anilines is 1. The van der Waals surface area contributed by atoms with E-state index in [1.54, 1.807) is 12.1 Å². The summed E-state index contributed by atoms with van der Waals surface area (Å²) in [6.07, 6.45) is 0.0185. The number of amides is 1. The smallest absolute Gasteiger partial charge is 0.240 e. The van der Waals surface area contributed by atoms with Crippen molar-refractivity contribution in [3.8, 4) is 0 Å². The normalized spacial score (nSPS) is 11.3. The first-order chi connectivity index (χ1) is 9.97. The number of aromatic nitrogens is 2. The van der Waals surface area contributed by atoms with Crippen molar-refractivity contribution in [1.29, 1.82) is 0 Å². The van der Waals surface area contributed by atoms with Crippen LogP contribution in [0.1, 0.15) is 12.0 Å². The van der Waals surface area contributed by atoms with Crippen molar-refractivity contribution in [2.24, 2.45) is 0 Å². The largest absolute Gasteiger partial charge is 0.300 e. The van der Waals surface area contributed by atoms with E-state index in [2.05, 4.69) is 20.2 Å². The molecular formula is C12H14N4O3S2. The highest BCUT2D eigenvalue weighted by Gasteiger charge is 2.14. The molecule has 0 spiro atoms. The van der Waals surface area contributed by atoms with Gasteiger partial charge in [-0.25, -0.2) is 13.1 Å². The van der Waals surface area contributed by atoms with Crippen LogP contribution in [0.2, 0.25) is 0 Å². The highest BCUT2D eigenvalue weighted by atomic mass is 32.2. The van der Waals surface area contributed by atoms with E-state index in [-0.39, 0.29) is 23.8 Å². The van der Waals surface area contributed by atoms with E-state index in [1.165, 1.54) is 29.0 Å². The molecular weight excluding hydrogens is 312 g/mol. The van der Waals surface area contributed by atoms with E-state index in [9.17, 15) is 13.2 Å². The van der Waals surface area contributed by atoms with Gasteiger partial charge in [0.05, 0.1) is 4.90 Å². The second kappa shape index (κ2) is 6.74. The lowest BCUT2D eigenvalue weighted by Gasteiger charge is -2.06. The summed E-state index contributed by atoms with van der Waals surface area (Å²) < 4.78 is 26.3. The van der Waals surface area contributed by atoms with Crippen molar-refractivity contribution in [3.05, 3.63) is 35.3 Å². The number of carbonyl (C=O) groups excluding carboxylic acids is 1. The Hall–Kier alpha value is -1.84. The highest BCUT2D eigenvalue weighted by Crippen LogP contribution is 2.10. The molecule has 0 aliphatic rings. The monoisotopic (exact) mass is 326 g/mol. The summed E-state index contributed by atoms with van der Waals surface area (Å²) in [6, 6.07) is 6.49. The molecule has 9 heteroatoms. The van der Waals surface area contributed by atoms with E-state index >= 15 is 0 Å². The van der Waals surface area contributed by atoms with Crippen LogP contribution in [0, 0.1) is 6.92 Å². The van der Waals surface area contributed by atoms with Gasteiger partial charge in [-0.1, -0.05) is 29.0 Å². The van der Waals surface area contributed by atoms with Crippen LogP contribution in [0.4, 0.5) is 5.13 Å². The van der Waals surface area contributed by atoms with E-state index in [4.69, 9.17) is 0 Å². The first kappa shape index (κ1) is 15.5. The van der Waals surface area contributed by atoms with Crippen LogP contribution in [0.5, 0.6) is 0 Å². The fourth-order valence-electron chi connectivity index (χ4n) is 1.51. The number of hydrogen-bond donors (Lipinski definition) is 2. The molecule has 2 N–H and O–H groups in total. The van der Waals surface area contributed by atoms with E-state index in [0.29, 0.717) is 5.13 Å². The Morgan fingerprint density at radius 1 is 1.29 bits per heavy atom. The Labute approximate surface area is 126 Å². The van der Waals surface area contributed by atoms with Crippen molar-refractivity contribution in [2.75, 3.05) is 11.9 Å². The maximum absolute atomic E-state index is 12.0. The summed E-state index contributed by atoms with van der Waals surface area (Å²) in [7, 11) is -3.59. The van der Waals surface area contributed by atoms with Crippen molar-refractivity contribution >= 4 is 32.4 Å². The van der Waals surface area contributed by atoms with Crippen molar-refractivity contribution in [1.82, 2.24) is 14.9 Å². The van der Waals surface area contributed by atoms with Crippen LogP contribution in [-0.4, -0.2) is 31.1 Å². The molecule has 0 aliphatic heterocycles. The Morgan fingerprint density at radius 2 is 2.00 bits per heavy atom. The van der Waals surface area contributed by atoms with Crippen molar-refractivity contribution < 1.29 is 13.2 Å². The predicted molar refractivity (Wildman–Crippen MR) is 79.5 cm³/mol. The third-order valence-corrected chi connectivity index (χ3v) is 4.67. The zero-order valence-corrected chi connectivity index (χ0v) is 12.9. The second-order valence-corrected chi connectivity index (χ2v) is 6.85. The molecule has 0 saturated heterocycles. The van der Waals surface area contributed by atoms with E-state index in [1.807, 2.05) is 6.92 Å². The van der Waals surface area contributed by atoms with Crippen LogP contribution in [0.15, 0.2) is 34.7 Å². The first-order valence-electron chi connectivity index (χ1n) is 6.10. The zero-order chi connectivity index (χ0) is 15.3. The molecule has 0 fully saturated rings. The number of carbonyl (C=O) groups is 1. The van der Waals surface area contributed by atoms with E-state index in [0.717, 1.165) is 5.56 Å². The van der Waals surface area contributed by atoms with Crippen LogP contribution in [-0.2, 0) is 14.8 Å². The summed E-state index contributed by atoms with van der Waals surface area (Å²) in [5.74, 6) is -0.321. The third kappa shape index (κ3) is 4.59. The quantitative estimate of drug-likeness (QED) is 0.829. The number of benzene rings is 1. The van der Waals surface area contributed by atoms with Gasteiger partial charge in [-0.3, -0.25) is 4.79 Å². The summed E-state index contributed by atoms with van der Waals surface area (Å²) in [6.45, 7) is 1.89. The number of nitrogens with one attached hydrogen (secondary N) is 2. The lowest BCUT2D eigenvalue weighted by atomic mass is 10.2. The SMILES string of the molecule is Cc1ccc(S(=O)(=O)NCCC(=O)Nc2nncs2)cc1. The molecule has 1 amide bonds. The van der Waals surface area contributed by atoms with Gasteiger partial charge >= 0.3 is 0 Å². The zero-order valence-electron chi connectivity index (χ0n) is 11.2. The third-order valence-electron chi connectivity index (χ3n) is 2.58. The predicted octanol–water partition coefficient (Wildman–Crippen LogP) is 1.15. The second-order valence-electron chi connectivity index (χ2n) is 4.25. The minimum atomic E-state index is -3.59. The molecule has 2 rings (SSSR count). The molecule has 0 bridgehead atoms. The topological polar surface area (TPSA) is 101 Å². The van der Waals surface area contributed by atoms with Gasteiger partial charge in [0, 0.05) is 13.0 Å². The molecule has 1 aromatic carbocycles. The lowest BCUT2D eigenvalue weighted by Crippen LogP contribution is -2.27. The number of hydrogen-bond acceptors (Lipinski definition) is 6. The molecule has 7 nitrogen and oxygen atoms in total. The standard InChI is InChI=1S/C12H14N4O3S2/c1-9-2-4-10(5-3-9)21(18,19)14-7-6-11(17)15-12-16-13-8-20-12/h2-5,8,14H,6-7H2,1H3,(H,15,16,17). The minimum Gasteiger partial charge on any atom is -0.300 e. The fourth-order valence-corrected chi connectivity index (χ4v) is 3.00. The van der Waals surface area contributed by atoms with Crippen molar-refractivity contribution in [2.45, 2.75) is 18.2 Å². The number of nitrogens with zero attached hydrogens (tertiary/aromatic N) is 2. The molecule has 0 saturated carbocycles. The number of rotatable bonds is 6. The van der Waals surface area contributed by atoms with Crippen LogP contribution in [0.3, 0.4) is 0 Å². The molecule has 112 valence electrons. The molecule has 0 aliphatic carbocycles. The van der Waals surface area contributed by atoms with E-state index < -0.39 is 10.0 Å². The molecule has 21 heavy (non-hydrogen) atoms. The average molecular weight is 326 g/mol. The van der Waals surface area contributed by atoms with Gasteiger partial charge in [-0.2, -0.15) is 0 Å². The Balaban J connectivity index is 1.84. The van der Waals surface area contributed by atoms with Gasteiger partial charge in [0.2, 0.25) is 21.1 Å². The van der Waals surface area contributed by atoms with Crippen LogP contribution >= 0.6 is 11.3 Å². The van der Waals surface area contributed by atoms with Gasteiger partial charge in [-0.05, 0) is 19.1 Å². The summed E-state index contributed by atoms with van der Waals surface area (Å²) >= 11 is 1.20. The van der Waals surface area contributed by atoms with Gasteiger partial charge < -0.3 is 5.32 Å². The molecule has 0 atom stereocenters. The lowest BCUT2D eigenvalue weighted by molar-refractivity contribution is -0.116. The Bertz CT molecular complexity index is 697. The molecule has 0 unspecified atom stereocenters. The Kier molecular flexibility index (Phi) is 4.99. The molecule has 0 radical (unpaired) electrons. The maximum Gasteiger partial charge on any atom is 0.240 e. The Morgan fingerprint density at radius 3 is 2.62 bits per heavy atom. The average Bonchev–Trinajstić information content (AvgIpc) is 2.91. The van der Waals surface area contributed by atoms with Gasteiger partial charge in [0.15, 0.2) is 0 Å². The van der Waals surface area contributed by atoms with Crippen LogP contribution < -0.4 is 10.0 Å².